The van der Waals surface area contributed by atoms with Gasteiger partial charge in [-0.2, -0.15) is 0 Å². The van der Waals surface area contributed by atoms with Gasteiger partial charge in [0.15, 0.2) is 0 Å². The number of carbonyl (C=O) groups is 1. The molecule has 1 amide bonds. The normalized spacial score (nSPS) is 14.3. The molecule has 20 heavy (non-hydrogen) atoms. The van der Waals surface area contributed by atoms with Crippen LogP contribution in [0, 0.1) is 6.92 Å². The molecule has 3 rings (SSSR count). The van der Waals surface area contributed by atoms with Crippen LogP contribution in [0.5, 0.6) is 0 Å². The van der Waals surface area contributed by atoms with Crippen LogP contribution in [-0.2, 0) is 6.54 Å². The van der Waals surface area contributed by atoms with E-state index in [0.29, 0.717) is 22.8 Å². The van der Waals surface area contributed by atoms with Crippen molar-refractivity contribution in [2.75, 3.05) is 0 Å². The maximum absolute atomic E-state index is 12.6. The molecule has 0 aliphatic heterocycles. The van der Waals surface area contributed by atoms with Gasteiger partial charge in [-0.3, -0.25) is 4.79 Å². The lowest BCUT2D eigenvalue weighted by atomic mass is 10.2. The molecular weight excluding hydrogens is 320 g/mol. The van der Waals surface area contributed by atoms with E-state index in [1.807, 2.05) is 24.0 Å². The lowest BCUT2D eigenvalue weighted by molar-refractivity contribution is 0.0716. The number of nitrogens with zero attached hydrogens (tertiary/aromatic N) is 2. The van der Waals surface area contributed by atoms with Crippen LogP contribution in [0.25, 0.3) is 0 Å². The van der Waals surface area contributed by atoms with Crippen LogP contribution in [0.4, 0.5) is 0 Å². The number of hydrogen-bond donors (Lipinski definition) is 0. The summed E-state index contributed by atoms with van der Waals surface area (Å²) in [6, 6.07) is 7.69. The summed E-state index contributed by atoms with van der Waals surface area (Å²) in [4.78, 5) is 18.6. The Morgan fingerprint density at radius 3 is 2.85 bits per heavy atom. The standard InChI is InChI=1S/C15H15BrN2O2/c1-10-2-5-13(20-10)9-18(12-3-4-12)15(19)11-6-7-17-14(16)8-11/h2,5-8,12H,3-4,9H2,1H3. The SMILES string of the molecule is Cc1ccc(CN(C(=O)c2ccnc(Br)c2)C2CC2)o1. The third kappa shape index (κ3) is 2.93. The van der Waals surface area contributed by atoms with Crippen LogP contribution >= 0.6 is 15.9 Å². The van der Waals surface area contributed by atoms with Crippen LogP contribution < -0.4 is 0 Å². The molecule has 1 aliphatic rings. The minimum Gasteiger partial charge on any atom is -0.464 e. The molecule has 1 saturated carbocycles. The Morgan fingerprint density at radius 1 is 1.45 bits per heavy atom. The molecule has 0 aromatic carbocycles. The third-order valence-electron chi connectivity index (χ3n) is 3.34. The molecule has 0 unspecified atom stereocenters. The average molecular weight is 335 g/mol. The predicted octanol–water partition coefficient (Wildman–Crippen LogP) is 3.55. The molecular formula is C15H15BrN2O2. The first-order valence-electron chi connectivity index (χ1n) is 6.61. The molecule has 5 heteroatoms. The van der Waals surface area contributed by atoms with Gasteiger partial charge in [0.1, 0.15) is 16.1 Å². The van der Waals surface area contributed by atoms with Gasteiger partial charge in [0.25, 0.3) is 5.91 Å². The number of amides is 1. The topological polar surface area (TPSA) is 46.3 Å². The highest BCUT2D eigenvalue weighted by Gasteiger charge is 2.33. The van der Waals surface area contributed by atoms with E-state index >= 15 is 0 Å². The Balaban J connectivity index is 1.81. The van der Waals surface area contributed by atoms with E-state index in [0.717, 1.165) is 24.4 Å². The van der Waals surface area contributed by atoms with Crippen molar-refractivity contribution in [2.45, 2.75) is 32.4 Å². The average Bonchev–Trinajstić information content (AvgIpc) is 3.19. The van der Waals surface area contributed by atoms with Crippen LogP contribution in [0.3, 0.4) is 0 Å². The van der Waals surface area contributed by atoms with Crippen molar-refractivity contribution in [3.05, 3.63) is 52.1 Å². The van der Waals surface area contributed by atoms with Crippen molar-refractivity contribution >= 4 is 21.8 Å². The van der Waals surface area contributed by atoms with Crippen LogP contribution in [-0.4, -0.2) is 21.8 Å². The highest BCUT2D eigenvalue weighted by molar-refractivity contribution is 9.10. The highest BCUT2D eigenvalue weighted by Crippen LogP contribution is 2.30. The number of aryl methyl sites for hydroxylation is 1. The molecule has 0 bridgehead atoms. The number of hydrogen-bond acceptors (Lipinski definition) is 3. The van der Waals surface area contributed by atoms with E-state index in [2.05, 4.69) is 20.9 Å². The number of rotatable bonds is 4. The fourth-order valence-corrected chi connectivity index (χ4v) is 2.56. The first-order chi connectivity index (χ1) is 9.63. The summed E-state index contributed by atoms with van der Waals surface area (Å²) in [5.41, 5.74) is 0.655. The first-order valence-corrected chi connectivity index (χ1v) is 7.40. The zero-order valence-electron chi connectivity index (χ0n) is 11.2. The fraction of sp³-hybridized carbons (Fsp3) is 0.333. The maximum atomic E-state index is 12.6. The Labute approximate surface area is 125 Å². The van der Waals surface area contributed by atoms with E-state index in [1.54, 1.807) is 18.3 Å². The zero-order valence-corrected chi connectivity index (χ0v) is 12.8. The van der Waals surface area contributed by atoms with E-state index < -0.39 is 0 Å². The summed E-state index contributed by atoms with van der Waals surface area (Å²) < 4.78 is 6.26. The highest BCUT2D eigenvalue weighted by atomic mass is 79.9. The number of aromatic nitrogens is 1. The lowest BCUT2D eigenvalue weighted by Gasteiger charge is -2.21. The summed E-state index contributed by atoms with van der Waals surface area (Å²) in [6.45, 7) is 2.43. The Kier molecular flexibility index (Phi) is 3.61. The summed E-state index contributed by atoms with van der Waals surface area (Å²) in [6.07, 6.45) is 3.77. The summed E-state index contributed by atoms with van der Waals surface area (Å²) >= 11 is 3.30. The van der Waals surface area contributed by atoms with Crippen molar-refractivity contribution in [1.29, 1.82) is 0 Å². The summed E-state index contributed by atoms with van der Waals surface area (Å²) in [5.74, 6) is 1.73. The van der Waals surface area contributed by atoms with Gasteiger partial charge in [-0.15, -0.1) is 0 Å². The Bertz CT molecular complexity index is 634. The minimum absolute atomic E-state index is 0.0321. The van der Waals surface area contributed by atoms with Crippen molar-refractivity contribution < 1.29 is 9.21 Å². The van der Waals surface area contributed by atoms with Crippen molar-refractivity contribution in [1.82, 2.24) is 9.88 Å². The van der Waals surface area contributed by atoms with Gasteiger partial charge in [0.2, 0.25) is 0 Å². The molecule has 1 aliphatic carbocycles. The third-order valence-corrected chi connectivity index (χ3v) is 3.78. The van der Waals surface area contributed by atoms with Crippen molar-refractivity contribution in [3.8, 4) is 0 Å². The van der Waals surface area contributed by atoms with Gasteiger partial charge in [-0.25, -0.2) is 4.98 Å². The molecule has 0 N–H and O–H groups in total. The summed E-state index contributed by atoms with van der Waals surface area (Å²) in [7, 11) is 0. The van der Waals surface area contributed by atoms with Crippen LogP contribution in [0.2, 0.25) is 0 Å². The molecule has 0 atom stereocenters. The first kappa shape index (κ1) is 13.4. The second-order valence-corrected chi connectivity index (χ2v) is 5.86. The molecule has 4 nitrogen and oxygen atoms in total. The monoisotopic (exact) mass is 334 g/mol. The molecule has 2 aromatic heterocycles. The maximum Gasteiger partial charge on any atom is 0.254 e. The van der Waals surface area contributed by atoms with Crippen molar-refractivity contribution in [3.63, 3.8) is 0 Å². The number of halogens is 1. The number of carbonyl (C=O) groups excluding carboxylic acids is 1. The van der Waals surface area contributed by atoms with E-state index in [-0.39, 0.29) is 5.91 Å². The molecule has 2 aromatic rings. The fourth-order valence-electron chi connectivity index (χ4n) is 2.19. The minimum atomic E-state index is 0.0321. The summed E-state index contributed by atoms with van der Waals surface area (Å²) in [5, 5.41) is 0. The van der Waals surface area contributed by atoms with Crippen LogP contribution in [0.15, 0.2) is 39.5 Å². The molecule has 0 saturated heterocycles. The number of furan rings is 1. The van der Waals surface area contributed by atoms with Gasteiger partial charge < -0.3 is 9.32 Å². The van der Waals surface area contributed by atoms with Gasteiger partial charge in [0, 0.05) is 17.8 Å². The molecule has 104 valence electrons. The second kappa shape index (κ2) is 5.40. The van der Waals surface area contributed by atoms with Gasteiger partial charge in [0.05, 0.1) is 6.54 Å². The van der Waals surface area contributed by atoms with Gasteiger partial charge in [-0.05, 0) is 60.0 Å². The largest absolute Gasteiger partial charge is 0.464 e. The van der Waals surface area contributed by atoms with E-state index in [4.69, 9.17) is 4.42 Å². The number of pyridine rings is 1. The Hall–Kier alpha value is -1.62. The smallest absolute Gasteiger partial charge is 0.254 e. The zero-order chi connectivity index (χ0) is 14.1. The van der Waals surface area contributed by atoms with Crippen LogP contribution in [0.1, 0.15) is 34.7 Å². The van der Waals surface area contributed by atoms with Gasteiger partial charge >= 0.3 is 0 Å². The predicted molar refractivity (Wildman–Crippen MR) is 78.3 cm³/mol. The molecule has 2 heterocycles. The molecule has 0 radical (unpaired) electrons. The lowest BCUT2D eigenvalue weighted by Crippen LogP contribution is -2.32. The second-order valence-electron chi connectivity index (χ2n) is 5.04. The van der Waals surface area contributed by atoms with E-state index in [9.17, 15) is 4.79 Å². The van der Waals surface area contributed by atoms with E-state index in [1.165, 1.54) is 0 Å². The molecule has 0 spiro atoms. The quantitative estimate of drug-likeness (QED) is 0.803. The Morgan fingerprint density at radius 2 is 2.25 bits per heavy atom. The van der Waals surface area contributed by atoms with Crippen molar-refractivity contribution in [2.24, 2.45) is 0 Å². The van der Waals surface area contributed by atoms with Gasteiger partial charge in [-0.1, -0.05) is 0 Å². The molecule has 1 fully saturated rings.